The van der Waals surface area contributed by atoms with Crippen LogP contribution in [0.1, 0.15) is 5.56 Å². The third-order valence-corrected chi connectivity index (χ3v) is 1.06. The summed E-state index contributed by atoms with van der Waals surface area (Å²) in [6.45, 7) is 3.67. The largest absolute Gasteiger partial charge is 0.388 e. The Morgan fingerprint density at radius 1 is 1.50 bits per heavy atom. The maximum absolute atomic E-state index is 8.12. The van der Waals surface area contributed by atoms with Gasteiger partial charge in [-0.25, -0.2) is 0 Å². The minimum atomic E-state index is 0.537. The molecule has 1 aromatic rings. The van der Waals surface area contributed by atoms with Gasteiger partial charge in [0.05, 0.1) is 0 Å². The van der Waals surface area contributed by atoms with Crippen molar-refractivity contribution in [3.8, 4) is 12.0 Å². The lowest BCUT2D eigenvalue weighted by Gasteiger charge is -1.94. The Bertz CT molecular complexity index is 262. The summed E-state index contributed by atoms with van der Waals surface area (Å²) in [7, 11) is 0. The van der Waals surface area contributed by atoms with Crippen molar-refractivity contribution in [2.24, 2.45) is 0 Å². The first-order valence-corrected chi connectivity index (χ1v) is 2.81. The van der Waals surface area contributed by atoms with Gasteiger partial charge in [0.25, 0.3) is 6.26 Å². The van der Waals surface area contributed by atoms with Gasteiger partial charge in [0.2, 0.25) is 0 Å². The summed E-state index contributed by atoms with van der Waals surface area (Å²) in [6, 6.07) is 7.03. The highest BCUT2D eigenvalue weighted by Crippen LogP contribution is 2.11. The Morgan fingerprint density at radius 2 is 2.30 bits per heavy atom. The zero-order valence-corrected chi connectivity index (χ0v) is 5.37. The van der Waals surface area contributed by atoms with Gasteiger partial charge in [-0.15, -0.1) is 5.26 Å². The van der Waals surface area contributed by atoms with Crippen LogP contribution in [0.15, 0.2) is 24.3 Å². The van der Waals surface area contributed by atoms with Crippen molar-refractivity contribution in [3.05, 3.63) is 36.8 Å². The van der Waals surface area contributed by atoms with Gasteiger partial charge < -0.3 is 4.74 Å². The predicted octanol–water partition coefficient (Wildman–Crippen LogP) is 1.73. The number of benzene rings is 1. The van der Waals surface area contributed by atoms with Crippen molar-refractivity contribution in [2.75, 3.05) is 0 Å². The third-order valence-electron chi connectivity index (χ3n) is 1.06. The van der Waals surface area contributed by atoms with Gasteiger partial charge in [-0.3, -0.25) is 0 Å². The maximum atomic E-state index is 8.12. The van der Waals surface area contributed by atoms with Gasteiger partial charge >= 0.3 is 0 Å². The van der Waals surface area contributed by atoms with Gasteiger partial charge in [-0.1, -0.05) is 12.1 Å². The van der Waals surface area contributed by atoms with Crippen LogP contribution in [0, 0.1) is 18.4 Å². The van der Waals surface area contributed by atoms with Crippen LogP contribution in [0.3, 0.4) is 0 Å². The average Bonchev–Trinajstić information content (AvgIpc) is 1.88. The number of hydrogen-bond donors (Lipinski definition) is 0. The van der Waals surface area contributed by atoms with Crippen molar-refractivity contribution < 1.29 is 4.74 Å². The number of ether oxygens (including phenoxy) is 1. The second-order valence-electron chi connectivity index (χ2n) is 1.84. The highest BCUT2D eigenvalue weighted by molar-refractivity contribution is 5.30. The van der Waals surface area contributed by atoms with Gasteiger partial charge in [-0.05, 0) is 24.6 Å². The van der Waals surface area contributed by atoms with E-state index in [1.54, 1.807) is 24.5 Å². The molecular formula is C8H6NO. The molecule has 49 valence electrons. The zero-order valence-electron chi connectivity index (χ0n) is 5.37. The van der Waals surface area contributed by atoms with E-state index in [-0.39, 0.29) is 0 Å². The summed E-state index contributed by atoms with van der Waals surface area (Å²) in [6.07, 6.45) is 1.58. The number of nitriles is 1. The van der Waals surface area contributed by atoms with E-state index in [1.165, 1.54) is 0 Å². The summed E-state index contributed by atoms with van der Waals surface area (Å²) in [5.41, 5.74) is 0.841. The lowest BCUT2D eigenvalue weighted by molar-refractivity contribution is 0.507. The molecule has 10 heavy (non-hydrogen) atoms. The summed E-state index contributed by atoms with van der Waals surface area (Å²) in [5.74, 6) is 0.537. The summed E-state index contributed by atoms with van der Waals surface area (Å²) >= 11 is 0. The molecule has 1 rings (SSSR count). The van der Waals surface area contributed by atoms with Crippen molar-refractivity contribution >= 4 is 0 Å². The smallest absolute Gasteiger partial charge is 0.292 e. The van der Waals surface area contributed by atoms with E-state index in [0.717, 1.165) is 5.56 Å². The highest BCUT2D eigenvalue weighted by atomic mass is 16.5. The molecule has 0 bridgehead atoms. The minimum absolute atomic E-state index is 0.537. The molecule has 0 saturated heterocycles. The molecule has 0 N–H and O–H groups in total. The van der Waals surface area contributed by atoms with Crippen molar-refractivity contribution in [1.29, 1.82) is 5.26 Å². The molecule has 1 aromatic carbocycles. The lowest BCUT2D eigenvalue weighted by atomic mass is 10.2. The number of rotatable bonds is 1. The molecule has 0 aliphatic carbocycles. The molecule has 0 saturated carbocycles. The third kappa shape index (κ3) is 1.49. The first kappa shape index (κ1) is 6.63. The maximum Gasteiger partial charge on any atom is 0.292 e. The van der Waals surface area contributed by atoms with E-state index >= 15 is 0 Å². The Balaban J connectivity index is 2.87. The van der Waals surface area contributed by atoms with E-state index in [1.807, 2.05) is 6.07 Å². The zero-order chi connectivity index (χ0) is 7.40. The second-order valence-corrected chi connectivity index (χ2v) is 1.84. The molecule has 2 heteroatoms. The van der Waals surface area contributed by atoms with Crippen LogP contribution in [0.5, 0.6) is 5.75 Å². The first-order valence-electron chi connectivity index (χ1n) is 2.81. The van der Waals surface area contributed by atoms with Crippen LogP contribution >= 0.6 is 0 Å². The molecule has 0 heterocycles. The van der Waals surface area contributed by atoms with Crippen molar-refractivity contribution in [2.45, 2.75) is 0 Å². The Kier molecular flexibility index (Phi) is 1.91. The molecule has 0 amide bonds. The van der Waals surface area contributed by atoms with E-state index in [4.69, 9.17) is 5.26 Å². The van der Waals surface area contributed by atoms with Gasteiger partial charge in [0.1, 0.15) is 5.75 Å². The Labute approximate surface area is 59.7 Å². The topological polar surface area (TPSA) is 33.0 Å². The normalized spacial score (nSPS) is 8.40. The summed E-state index contributed by atoms with van der Waals surface area (Å²) in [4.78, 5) is 0. The lowest BCUT2D eigenvalue weighted by Crippen LogP contribution is -1.81. The van der Waals surface area contributed by atoms with Gasteiger partial charge in [0.15, 0.2) is 0 Å². The Morgan fingerprint density at radius 3 is 2.90 bits per heavy atom. The molecule has 0 fully saturated rings. The molecule has 0 aliphatic heterocycles. The molecular weight excluding hydrogens is 126 g/mol. The Hall–Kier alpha value is -1.49. The van der Waals surface area contributed by atoms with E-state index in [2.05, 4.69) is 11.7 Å². The predicted molar refractivity (Wildman–Crippen MR) is 37.1 cm³/mol. The monoisotopic (exact) mass is 132 g/mol. The quantitative estimate of drug-likeness (QED) is 0.545. The van der Waals surface area contributed by atoms with Crippen LogP contribution in [0.25, 0.3) is 0 Å². The number of nitrogens with zero attached hydrogens (tertiary/aromatic N) is 1. The summed E-state index contributed by atoms with van der Waals surface area (Å²) < 4.78 is 4.55. The fourth-order valence-electron chi connectivity index (χ4n) is 0.662. The SMILES string of the molecule is [CH2]c1cccc(OC#N)c1. The molecule has 0 aliphatic rings. The first-order chi connectivity index (χ1) is 4.83. The highest BCUT2D eigenvalue weighted by Gasteiger charge is 1.89. The van der Waals surface area contributed by atoms with Crippen LogP contribution in [0.4, 0.5) is 0 Å². The number of hydrogen-bond acceptors (Lipinski definition) is 2. The van der Waals surface area contributed by atoms with Crippen LogP contribution in [0.2, 0.25) is 0 Å². The molecule has 1 radical (unpaired) electrons. The van der Waals surface area contributed by atoms with E-state index < -0.39 is 0 Å². The van der Waals surface area contributed by atoms with Crippen molar-refractivity contribution in [3.63, 3.8) is 0 Å². The van der Waals surface area contributed by atoms with Crippen molar-refractivity contribution in [1.82, 2.24) is 0 Å². The molecule has 0 aromatic heterocycles. The van der Waals surface area contributed by atoms with E-state index in [0.29, 0.717) is 5.75 Å². The van der Waals surface area contributed by atoms with Gasteiger partial charge in [0, 0.05) is 0 Å². The van der Waals surface area contributed by atoms with Gasteiger partial charge in [-0.2, -0.15) is 0 Å². The van der Waals surface area contributed by atoms with E-state index in [9.17, 15) is 0 Å². The minimum Gasteiger partial charge on any atom is -0.388 e. The van der Waals surface area contributed by atoms with Crippen LogP contribution in [-0.4, -0.2) is 0 Å². The van der Waals surface area contributed by atoms with Crippen LogP contribution in [-0.2, 0) is 0 Å². The molecule has 0 unspecified atom stereocenters. The fourth-order valence-corrected chi connectivity index (χ4v) is 0.662. The standard InChI is InChI=1S/C8H6NO/c1-7-3-2-4-8(5-7)10-6-9/h2-5H,1H2. The molecule has 0 spiro atoms. The fraction of sp³-hybridized carbons (Fsp3) is 0. The second kappa shape index (κ2) is 2.88. The van der Waals surface area contributed by atoms with Crippen LogP contribution < -0.4 is 4.74 Å². The average molecular weight is 132 g/mol. The molecule has 0 atom stereocenters. The molecule has 2 nitrogen and oxygen atoms in total. The summed E-state index contributed by atoms with van der Waals surface area (Å²) in [5, 5.41) is 8.12.